The van der Waals surface area contributed by atoms with E-state index in [-0.39, 0.29) is 12.2 Å². The molecule has 0 saturated carbocycles. The predicted molar refractivity (Wildman–Crippen MR) is 130 cm³/mol. The fourth-order valence-electron chi connectivity index (χ4n) is 4.31. The molecular weight excluding hydrogens is 453 g/mol. The Morgan fingerprint density at radius 3 is 2.79 bits per heavy atom. The monoisotopic (exact) mass is 475 g/mol. The number of benzene rings is 3. The van der Waals surface area contributed by atoms with Gasteiger partial charge in [-0.1, -0.05) is 30.3 Å². The Balaban J connectivity index is 1.66. The number of carboxylic acid groups (broad SMARTS) is 1. The summed E-state index contributed by atoms with van der Waals surface area (Å²) in [5.41, 5.74) is 5.01. The van der Waals surface area contributed by atoms with E-state index in [9.17, 15) is 14.3 Å². The lowest BCUT2D eigenvalue weighted by atomic mass is 9.94. The molecule has 4 aromatic rings. The van der Waals surface area contributed by atoms with Crippen LogP contribution in [0, 0.1) is 5.82 Å². The minimum absolute atomic E-state index is 0.0105. The van der Waals surface area contributed by atoms with Gasteiger partial charge in [-0.3, -0.25) is 4.79 Å². The third-order valence-corrected chi connectivity index (χ3v) is 7.37. The van der Waals surface area contributed by atoms with Crippen LogP contribution in [-0.2, 0) is 21.1 Å². The van der Waals surface area contributed by atoms with Gasteiger partial charge in [-0.2, -0.15) is 0 Å². The molecule has 34 heavy (non-hydrogen) atoms. The van der Waals surface area contributed by atoms with Crippen molar-refractivity contribution >= 4 is 28.6 Å². The molecule has 5 nitrogen and oxygen atoms in total. The van der Waals surface area contributed by atoms with Crippen LogP contribution in [-0.4, -0.2) is 28.9 Å². The van der Waals surface area contributed by atoms with Gasteiger partial charge in [-0.05, 0) is 48.0 Å². The van der Waals surface area contributed by atoms with Gasteiger partial charge in [0.25, 0.3) is 0 Å². The van der Waals surface area contributed by atoms with E-state index in [4.69, 9.17) is 14.5 Å². The summed E-state index contributed by atoms with van der Waals surface area (Å²) >= 11 is 1.43. The van der Waals surface area contributed by atoms with Crippen LogP contribution in [0.25, 0.3) is 22.2 Å². The number of pyridine rings is 1. The van der Waals surface area contributed by atoms with Gasteiger partial charge in [-0.15, -0.1) is 11.8 Å². The largest absolute Gasteiger partial charge is 0.488 e. The number of rotatable bonds is 6. The highest BCUT2D eigenvalue weighted by molar-refractivity contribution is 8.00. The second kappa shape index (κ2) is 9.08. The summed E-state index contributed by atoms with van der Waals surface area (Å²) in [7, 11) is 1.63. The molecule has 0 aliphatic carbocycles. The van der Waals surface area contributed by atoms with Crippen molar-refractivity contribution in [1.82, 2.24) is 4.98 Å². The summed E-state index contributed by atoms with van der Waals surface area (Å²) in [5.74, 6) is -0.123. The van der Waals surface area contributed by atoms with Crippen LogP contribution in [0.15, 0.2) is 72.8 Å². The Hall–Kier alpha value is -3.42. The van der Waals surface area contributed by atoms with E-state index in [1.165, 1.54) is 23.9 Å². The molecule has 5 rings (SSSR count). The number of methoxy groups -OCH3 is 1. The van der Waals surface area contributed by atoms with Gasteiger partial charge < -0.3 is 14.6 Å². The molecule has 0 spiro atoms. The molecule has 3 aromatic carbocycles. The van der Waals surface area contributed by atoms with Crippen molar-refractivity contribution in [3.05, 3.63) is 95.3 Å². The van der Waals surface area contributed by atoms with E-state index in [2.05, 4.69) is 0 Å². The van der Waals surface area contributed by atoms with Crippen LogP contribution in [0.2, 0.25) is 0 Å². The van der Waals surface area contributed by atoms with Crippen LogP contribution in [0.5, 0.6) is 5.75 Å². The molecule has 1 N–H and O–H groups in total. The third-order valence-electron chi connectivity index (χ3n) is 5.94. The predicted octanol–water partition coefficient (Wildman–Crippen LogP) is 5.99. The molecule has 172 valence electrons. The quantitative estimate of drug-likeness (QED) is 0.346. The van der Waals surface area contributed by atoms with Crippen LogP contribution in [0.1, 0.15) is 23.1 Å². The van der Waals surface area contributed by atoms with Crippen molar-refractivity contribution < 1.29 is 23.8 Å². The molecule has 1 aliphatic heterocycles. The topological polar surface area (TPSA) is 68.7 Å². The molecular formula is C27H22FNO4S. The summed E-state index contributed by atoms with van der Waals surface area (Å²) in [5, 5.41) is 9.96. The second-order valence-corrected chi connectivity index (χ2v) is 9.28. The fraction of sp³-hybridized carbons (Fsp3) is 0.185. The summed E-state index contributed by atoms with van der Waals surface area (Å²) in [4.78, 5) is 15.0. The van der Waals surface area contributed by atoms with Gasteiger partial charge in [0.05, 0.1) is 17.6 Å². The average molecular weight is 476 g/mol. The van der Waals surface area contributed by atoms with E-state index in [0.717, 1.165) is 33.3 Å². The Morgan fingerprint density at radius 2 is 1.97 bits per heavy atom. The Morgan fingerprint density at radius 1 is 1.12 bits per heavy atom. The van der Waals surface area contributed by atoms with Gasteiger partial charge in [0.2, 0.25) is 0 Å². The van der Waals surface area contributed by atoms with Crippen molar-refractivity contribution in [2.45, 2.75) is 18.0 Å². The summed E-state index contributed by atoms with van der Waals surface area (Å²) in [6.07, 6.45) is 0.0105. The zero-order chi connectivity index (χ0) is 23.7. The number of ether oxygens (including phenoxy) is 2. The standard InChI is InChI=1S/C27H22FNO4S/c1-32-27(34-13-12-26(30)31)21-5-3-2-4-19(21)16-33-25-11-7-18(15-22(25)27)23-9-6-17-14-20(28)8-10-24(17)29-23/h2-11,14-15H,12-13,16H2,1H3,(H,30,31). The number of carbonyl (C=O) groups is 1. The normalized spacial score (nSPS) is 16.9. The van der Waals surface area contributed by atoms with E-state index in [1.807, 2.05) is 54.6 Å². The second-order valence-electron chi connectivity index (χ2n) is 8.00. The molecule has 7 heteroatoms. The van der Waals surface area contributed by atoms with E-state index >= 15 is 0 Å². The minimum atomic E-state index is -0.951. The smallest absolute Gasteiger partial charge is 0.304 e. The lowest BCUT2D eigenvalue weighted by Gasteiger charge is -2.33. The molecule has 0 radical (unpaired) electrons. The maximum Gasteiger partial charge on any atom is 0.304 e. The van der Waals surface area contributed by atoms with Gasteiger partial charge >= 0.3 is 5.97 Å². The molecule has 0 bridgehead atoms. The molecule has 1 atom stereocenters. The number of aromatic nitrogens is 1. The van der Waals surface area contributed by atoms with Crippen LogP contribution >= 0.6 is 11.8 Å². The first-order valence-electron chi connectivity index (χ1n) is 10.8. The van der Waals surface area contributed by atoms with Gasteiger partial charge in [-0.25, -0.2) is 9.37 Å². The van der Waals surface area contributed by atoms with Crippen molar-refractivity contribution in [1.29, 1.82) is 0 Å². The van der Waals surface area contributed by atoms with Gasteiger partial charge in [0, 0.05) is 34.9 Å². The number of aliphatic carboxylic acids is 1. The number of carboxylic acids is 1. The summed E-state index contributed by atoms with van der Waals surface area (Å²) < 4.78 is 25.9. The van der Waals surface area contributed by atoms with Crippen molar-refractivity contribution in [3.8, 4) is 17.0 Å². The number of nitrogens with zero attached hydrogens (tertiary/aromatic N) is 1. The van der Waals surface area contributed by atoms with Crippen molar-refractivity contribution in [2.24, 2.45) is 0 Å². The minimum Gasteiger partial charge on any atom is -0.488 e. The SMILES string of the molecule is COC1(SCCC(=O)O)c2ccccc2COc2ccc(-c3ccc4cc(F)ccc4n3)cc21. The first-order chi connectivity index (χ1) is 16.5. The maximum atomic E-state index is 13.6. The zero-order valence-corrected chi connectivity index (χ0v) is 19.3. The fourth-order valence-corrected chi connectivity index (χ4v) is 5.67. The van der Waals surface area contributed by atoms with Crippen LogP contribution < -0.4 is 4.74 Å². The Bertz CT molecular complexity index is 1390. The molecule has 0 saturated heterocycles. The molecule has 0 amide bonds. The molecule has 2 heterocycles. The van der Waals surface area contributed by atoms with E-state index < -0.39 is 10.9 Å². The molecule has 0 fully saturated rings. The number of thioether (sulfide) groups is 1. The number of fused-ring (bicyclic) bond motifs is 3. The van der Waals surface area contributed by atoms with Crippen molar-refractivity contribution in [3.63, 3.8) is 0 Å². The highest BCUT2D eigenvalue weighted by atomic mass is 32.2. The summed E-state index contributed by atoms with van der Waals surface area (Å²) in [6, 6.07) is 22.0. The highest BCUT2D eigenvalue weighted by Gasteiger charge is 2.41. The number of hydrogen-bond donors (Lipinski definition) is 1. The Kier molecular flexibility index (Phi) is 5.98. The zero-order valence-electron chi connectivity index (χ0n) is 18.5. The first-order valence-corrected chi connectivity index (χ1v) is 11.8. The number of hydrogen-bond acceptors (Lipinski definition) is 5. The molecule has 1 aliphatic rings. The van der Waals surface area contributed by atoms with E-state index in [1.54, 1.807) is 13.2 Å². The average Bonchev–Trinajstić information content (AvgIpc) is 2.98. The van der Waals surface area contributed by atoms with Crippen LogP contribution in [0.3, 0.4) is 0 Å². The highest BCUT2D eigenvalue weighted by Crippen LogP contribution is 2.51. The lowest BCUT2D eigenvalue weighted by Crippen LogP contribution is -2.27. The first kappa shape index (κ1) is 22.4. The van der Waals surface area contributed by atoms with Gasteiger partial charge in [0.1, 0.15) is 18.2 Å². The van der Waals surface area contributed by atoms with Crippen molar-refractivity contribution in [2.75, 3.05) is 12.9 Å². The maximum absolute atomic E-state index is 13.6. The summed E-state index contributed by atoms with van der Waals surface area (Å²) in [6.45, 7) is 0.382. The van der Waals surface area contributed by atoms with Crippen LogP contribution in [0.4, 0.5) is 4.39 Å². The van der Waals surface area contributed by atoms with E-state index in [0.29, 0.717) is 23.6 Å². The number of halogens is 1. The third kappa shape index (κ3) is 4.02. The lowest BCUT2D eigenvalue weighted by molar-refractivity contribution is -0.136. The Labute approximate surface area is 200 Å². The molecule has 1 unspecified atom stereocenters. The molecule has 1 aromatic heterocycles. The van der Waals surface area contributed by atoms with Gasteiger partial charge in [0.15, 0.2) is 4.93 Å².